The van der Waals surface area contributed by atoms with Crippen molar-refractivity contribution >= 4 is 22.9 Å². The maximum absolute atomic E-state index is 4.77. The van der Waals surface area contributed by atoms with Gasteiger partial charge < -0.3 is 15.2 Å². The van der Waals surface area contributed by atoms with E-state index in [1.807, 2.05) is 24.7 Å². The van der Waals surface area contributed by atoms with Crippen molar-refractivity contribution in [1.82, 2.24) is 24.5 Å². The van der Waals surface area contributed by atoms with Crippen LogP contribution in [0.3, 0.4) is 0 Å². The number of hydrogen-bond donors (Lipinski definition) is 2. The van der Waals surface area contributed by atoms with E-state index in [0.717, 1.165) is 41.8 Å². The van der Waals surface area contributed by atoms with Crippen molar-refractivity contribution < 1.29 is 0 Å². The lowest BCUT2D eigenvalue weighted by atomic mass is 10.1. The van der Waals surface area contributed by atoms with Crippen molar-refractivity contribution in [1.29, 1.82) is 0 Å². The molecule has 0 aliphatic carbocycles. The molecule has 0 spiro atoms. The van der Waals surface area contributed by atoms with Crippen LogP contribution >= 0.6 is 0 Å². The molecule has 0 aliphatic heterocycles. The van der Waals surface area contributed by atoms with Crippen molar-refractivity contribution in [3.8, 4) is 0 Å². The van der Waals surface area contributed by atoms with E-state index in [-0.39, 0.29) is 6.04 Å². The molecule has 0 radical (unpaired) electrons. The summed E-state index contributed by atoms with van der Waals surface area (Å²) in [5.74, 6) is 1.40. The van der Waals surface area contributed by atoms with Gasteiger partial charge in [-0.2, -0.15) is 9.97 Å². The van der Waals surface area contributed by atoms with Crippen LogP contribution in [0.4, 0.5) is 11.8 Å². The SMILES string of the molecule is CCC[C@@H](CC)Nc1nc(NCc2cccnc2)c2ncn(C(C)C)c2n1. The van der Waals surface area contributed by atoms with E-state index < -0.39 is 0 Å². The van der Waals surface area contributed by atoms with Gasteiger partial charge in [-0.3, -0.25) is 4.98 Å². The van der Waals surface area contributed by atoms with E-state index in [1.165, 1.54) is 0 Å². The number of hydrogen-bond acceptors (Lipinski definition) is 6. The first-order valence-corrected chi connectivity index (χ1v) is 9.76. The molecule has 3 heterocycles. The van der Waals surface area contributed by atoms with Gasteiger partial charge >= 0.3 is 0 Å². The lowest BCUT2D eigenvalue weighted by Gasteiger charge is -2.17. The zero-order valence-corrected chi connectivity index (χ0v) is 16.6. The number of nitrogens with one attached hydrogen (secondary N) is 2. The van der Waals surface area contributed by atoms with Crippen molar-refractivity contribution in [2.24, 2.45) is 0 Å². The average Bonchev–Trinajstić information content (AvgIpc) is 3.11. The summed E-state index contributed by atoms with van der Waals surface area (Å²) in [4.78, 5) is 18.2. The smallest absolute Gasteiger partial charge is 0.227 e. The molecule has 3 aromatic heterocycles. The molecule has 0 aliphatic rings. The Bertz CT molecular complexity index is 857. The Morgan fingerprint density at radius 1 is 1.19 bits per heavy atom. The fourth-order valence-electron chi connectivity index (χ4n) is 3.08. The molecule has 0 unspecified atom stereocenters. The number of imidazole rings is 1. The van der Waals surface area contributed by atoms with Gasteiger partial charge in [-0.25, -0.2) is 4.98 Å². The molecular weight excluding hydrogens is 338 g/mol. The second-order valence-corrected chi connectivity index (χ2v) is 7.07. The zero-order chi connectivity index (χ0) is 19.2. The van der Waals surface area contributed by atoms with Crippen LogP contribution in [0.5, 0.6) is 0 Å². The van der Waals surface area contributed by atoms with Gasteiger partial charge in [0.1, 0.15) is 0 Å². The van der Waals surface area contributed by atoms with Crippen LogP contribution in [0.1, 0.15) is 58.6 Å². The second-order valence-electron chi connectivity index (χ2n) is 7.07. The first-order valence-electron chi connectivity index (χ1n) is 9.76. The Balaban J connectivity index is 1.94. The van der Waals surface area contributed by atoms with Gasteiger partial charge in [-0.05, 0) is 38.3 Å². The summed E-state index contributed by atoms with van der Waals surface area (Å²) in [6, 6.07) is 4.62. The molecule has 0 saturated carbocycles. The third-order valence-corrected chi connectivity index (χ3v) is 4.62. The molecule has 7 nitrogen and oxygen atoms in total. The Kier molecular flexibility index (Phi) is 6.21. The molecule has 0 fully saturated rings. The normalized spacial score (nSPS) is 12.5. The second kappa shape index (κ2) is 8.79. The Morgan fingerprint density at radius 3 is 2.70 bits per heavy atom. The van der Waals surface area contributed by atoms with Crippen molar-refractivity contribution in [3.63, 3.8) is 0 Å². The van der Waals surface area contributed by atoms with Crippen LogP contribution in [0.15, 0.2) is 30.9 Å². The van der Waals surface area contributed by atoms with Gasteiger partial charge in [-0.15, -0.1) is 0 Å². The monoisotopic (exact) mass is 367 g/mol. The van der Waals surface area contributed by atoms with Gasteiger partial charge in [0.15, 0.2) is 17.0 Å². The summed E-state index contributed by atoms with van der Waals surface area (Å²) in [7, 11) is 0. The van der Waals surface area contributed by atoms with Crippen molar-refractivity contribution in [2.45, 2.75) is 65.6 Å². The van der Waals surface area contributed by atoms with Gasteiger partial charge in [0.25, 0.3) is 0 Å². The number of anilines is 2. The Morgan fingerprint density at radius 2 is 2.04 bits per heavy atom. The predicted molar refractivity (Wildman–Crippen MR) is 110 cm³/mol. The number of pyridine rings is 1. The molecule has 0 aromatic carbocycles. The minimum atomic E-state index is 0.279. The number of rotatable bonds is 9. The zero-order valence-electron chi connectivity index (χ0n) is 16.6. The molecule has 7 heteroatoms. The molecule has 144 valence electrons. The molecular formula is C20H29N7. The fourth-order valence-corrected chi connectivity index (χ4v) is 3.08. The molecule has 2 N–H and O–H groups in total. The van der Waals surface area contributed by atoms with E-state index in [4.69, 9.17) is 9.97 Å². The Labute approximate surface area is 160 Å². The number of fused-ring (bicyclic) bond motifs is 1. The van der Waals surface area contributed by atoms with Gasteiger partial charge in [-0.1, -0.05) is 26.3 Å². The summed E-state index contributed by atoms with van der Waals surface area (Å²) in [6.07, 6.45) is 8.73. The minimum Gasteiger partial charge on any atom is -0.364 e. The molecule has 0 saturated heterocycles. The van der Waals surface area contributed by atoms with E-state index in [9.17, 15) is 0 Å². The summed E-state index contributed by atoms with van der Waals surface area (Å²) < 4.78 is 2.08. The lowest BCUT2D eigenvalue weighted by molar-refractivity contribution is 0.608. The van der Waals surface area contributed by atoms with Gasteiger partial charge in [0.05, 0.1) is 6.33 Å². The van der Waals surface area contributed by atoms with Crippen LogP contribution in [0.25, 0.3) is 11.2 Å². The molecule has 0 bridgehead atoms. The first kappa shape index (κ1) is 19.1. The highest BCUT2D eigenvalue weighted by Crippen LogP contribution is 2.24. The summed E-state index contributed by atoms with van der Waals surface area (Å²) in [5.41, 5.74) is 2.74. The molecule has 0 amide bonds. The highest BCUT2D eigenvalue weighted by Gasteiger charge is 2.16. The third-order valence-electron chi connectivity index (χ3n) is 4.62. The molecule has 3 rings (SSSR count). The van der Waals surface area contributed by atoms with Gasteiger partial charge in [0, 0.05) is 31.0 Å². The van der Waals surface area contributed by atoms with Gasteiger partial charge in [0.2, 0.25) is 5.95 Å². The topological polar surface area (TPSA) is 80.5 Å². The van der Waals surface area contributed by atoms with E-state index in [0.29, 0.717) is 18.5 Å². The van der Waals surface area contributed by atoms with Crippen LogP contribution in [-0.4, -0.2) is 30.5 Å². The highest BCUT2D eigenvalue weighted by molar-refractivity contribution is 5.84. The quantitative estimate of drug-likeness (QED) is 0.583. The molecule has 1 atom stereocenters. The van der Waals surface area contributed by atoms with Crippen molar-refractivity contribution in [3.05, 3.63) is 36.4 Å². The van der Waals surface area contributed by atoms with Crippen LogP contribution in [0, 0.1) is 0 Å². The summed E-state index contributed by atoms with van der Waals surface area (Å²) in [5, 5.41) is 6.91. The van der Waals surface area contributed by atoms with E-state index in [2.05, 4.69) is 52.9 Å². The minimum absolute atomic E-state index is 0.279. The van der Waals surface area contributed by atoms with Crippen LogP contribution < -0.4 is 10.6 Å². The fraction of sp³-hybridized carbons (Fsp3) is 0.500. The standard InChI is InChI=1S/C20H29N7/c1-5-8-16(6-2)24-20-25-18(22-12-15-9-7-10-21-11-15)17-19(26-20)27(13-23-17)14(3)4/h7,9-11,13-14,16H,5-6,8,12H2,1-4H3,(H2,22,24,25,26)/t16-/m1/s1. The largest absolute Gasteiger partial charge is 0.364 e. The number of nitrogens with zero attached hydrogens (tertiary/aromatic N) is 5. The Hall–Kier alpha value is -2.70. The number of aromatic nitrogens is 5. The van der Waals surface area contributed by atoms with E-state index in [1.54, 1.807) is 6.20 Å². The maximum Gasteiger partial charge on any atom is 0.227 e. The molecule has 27 heavy (non-hydrogen) atoms. The predicted octanol–water partition coefficient (Wildman–Crippen LogP) is 4.40. The molecule has 3 aromatic rings. The highest BCUT2D eigenvalue weighted by atomic mass is 15.2. The average molecular weight is 368 g/mol. The third kappa shape index (κ3) is 4.53. The van der Waals surface area contributed by atoms with Crippen LogP contribution in [0.2, 0.25) is 0 Å². The lowest BCUT2D eigenvalue weighted by Crippen LogP contribution is -2.20. The van der Waals surface area contributed by atoms with E-state index >= 15 is 0 Å². The summed E-state index contributed by atoms with van der Waals surface area (Å²) in [6.45, 7) is 9.28. The van der Waals surface area contributed by atoms with Crippen molar-refractivity contribution in [2.75, 3.05) is 10.6 Å². The van der Waals surface area contributed by atoms with Crippen LogP contribution in [-0.2, 0) is 6.54 Å². The first-order chi connectivity index (χ1) is 13.1. The summed E-state index contributed by atoms with van der Waals surface area (Å²) >= 11 is 0. The maximum atomic E-state index is 4.77.